The molecule has 4 fully saturated rings. The molecule has 0 aromatic heterocycles. The predicted octanol–water partition coefficient (Wildman–Crippen LogP) is 0.478. The summed E-state index contributed by atoms with van der Waals surface area (Å²) < 4.78 is 28.1. The van der Waals surface area contributed by atoms with Crippen molar-refractivity contribution >= 4 is 23.8 Å². The van der Waals surface area contributed by atoms with Gasteiger partial charge in [0.2, 0.25) is 0 Å². The van der Waals surface area contributed by atoms with Crippen LogP contribution in [0.15, 0.2) is 41.5 Å². The van der Waals surface area contributed by atoms with Gasteiger partial charge in [-0.05, 0) is 82.4 Å². The van der Waals surface area contributed by atoms with Crippen LogP contribution in [0.2, 0.25) is 0 Å². The molecule has 349 valence electrons. The molecule has 1 heterocycles. The normalized spacial score (nSPS) is 39.4. The summed E-state index contributed by atoms with van der Waals surface area (Å²) in [6, 6.07) is 6.88. The Hall–Kier alpha value is -2.12. The number of hydrogen-bond acceptors (Lipinski definition) is 17. The second-order valence-electron chi connectivity index (χ2n) is 19.5. The van der Waals surface area contributed by atoms with Crippen molar-refractivity contribution in [3.63, 3.8) is 0 Å². The summed E-state index contributed by atoms with van der Waals surface area (Å²) in [5.74, 6) is -5.66. The van der Waals surface area contributed by atoms with Crippen molar-refractivity contribution in [1.82, 2.24) is 5.32 Å². The molecule has 6 rings (SSSR count). The number of ketones is 1. The molecular formula is C44H63AcNO17. The Morgan fingerprint density at radius 3 is 2.19 bits per heavy atom. The van der Waals surface area contributed by atoms with E-state index in [-0.39, 0.29) is 74.5 Å². The van der Waals surface area contributed by atoms with Crippen molar-refractivity contribution in [1.29, 1.82) is 0 Å². The molecule has 1 radical (unpaired) electrons. The molecule has 16 atom stereocenters. The minimum atomic E-state index is -1.99. The van der Waals surface area contributed by atoms with Gasteiger partial charge in [0.05, 0.1) is 29.3 Å². The average Bonchev–Trinajstić information content (AvgIpc) is 3.19. The van der Waals surface area contributed by atoms with Gasteiger partial charge in [-0.15, -0.1) is 0 Å². The Morgan fingerprint density at radius 2 is 1.62 bits per heavy atom. The molecule has 13 unspecified atom stereocenters. The van der Waals surface area contributed by atoms with E-state index in [9.17, 15) is 55.2 Å². The maximum absolute atomic E-state index is 15.1. The van der Waals surface area contributed by atoms with E-state index in [1.165, 1.54) is 6.92 Å². The van der Waals surface area contributed by atoms with Gasteiger partial charge in [0, 0.05) is 61.8 Å². The van der Waals surface area contributed by atoms with Crippen LogP contribution in [0, 0.1) is 72.6 Å². The van der Waals surface area contributed by atoms with Gasteiger partial charge in [-0.2, -0.15) is 0 Å². The first-order chi connectivity index (χ1) is 28.7. The van der Waals surface area contributed by atoms with Crippen LogP contribution in [-0.4, -0.2) is 150 Å². The topological polar surface area (TPSA) is 288 Å². The molecule has 63 heavy (non-hydrogen) atoms. The maximum Gasteiger partial charge on any atom is 0.408 e. The molecule has 2 bridgehead atoms. The predicted molar refractivity (Wildman–Crippen MR) is 214 cm³/mol. The fraction of sp³-hybridized carbons (Fsp3) is 0.727. The van der Waals surface area contributed by atoms with Crippen molar-refractivity contribution < 1.29 is 128 Å². The average molecular weight is 1100 g/mol. The van der Waals surface area contributed by atoms with Crippen LogP contribution < -0.4 is 5.32 Å². The van der Waals surface area contributed by atoms with Crippen molar-refractivity contribution in [3.8, 4) is 0 Å². The molecule has 19 heteroatoms. The maximum atomic E-state index is 15.1. The van der Waals surface area contributed by atoms with E-state index in [0.29, 0.717) is 12.0 Å². The first-order valence-electron chi connectivity index (χ1n) is 21.2. The minimum absolute atomic E-state index is 0. The molecule has 1 aromatic carbocycles. The summed E-state index contributed by atoms with van der Waals surface area (Å²) in [5, 5.41) is 92.2. The third-order valence-electron chi connectivity index (χ3n) is 14.6. The fourth-order valence-electron chi connectivity index (χ4n) is 11.1. The van der Waals surface area contributed by atoms with Crippen LogP contribution in [0.3, 0.4) is 0 Å². The van der Waals surface area contributed by atoms with E-state index in [2.05, 4.69) is 5.32 Å². The standard InChI is InChI=1S/C44H63NO17.Ac/c1-20-24(59-37(54)32(50)29(22-12-10-9-11-13-22)45-39(55)62-40(3,4)5)17-44(57)21(2)35-42(8,36(53)31(49)28(20)41(44,6)7)26(16-23-14-15-43(23,35)56)61-27(47)19-58-38-34(52)33(51)30(48)25(18-46)60-38;/h9-13,21,23-26,29-35,38,46,48-52,56-57H,14-19H2,1-8H3,(H,45,55);/t21-,23+,24?,25?,26?,29?,30?,31?,32?,33?,34?,35?,38?,42+,43?,44?;/m0./s1. The van der Waals surface area contributed by atoms with Crippen LogP contribution in [0.4, 0.5) is 4.79 Å². The number of esters is 2. The van der Waals surface area contributed by atoms with Crippen LogP contribution in [0.5, 0.6) is 0 Å². The fourth-order valence-corrected chi connectivity index (χ4v) is 11.1. The van der Waals surface area contributed by atoms with Crippen molar-refractivity contribution in [3.05, 3.63) is 47.0 Å². The number of alkyl carbamates (subject to hydrolysis) is 1. The molecule has 4 aliphatic carbocycles. The zero-order chi connectivity index (χ0) is 46.1. The summed E-state index contributed by atoms with van der Waals surface area (Å²) in [6.07, 6.45) is -15.2. The Morgan fingerprint density at radius 1 is 0.984 bits per heavy atom. The minimum Gasteiger partial charge on any atom is -0.460 e. The quantitative estimate of drug-likeness (QED) is 0.0875. The summed E-state index contributed by atoms with van der Waals surface area (Å²) in [6.45, 7) is 11.4. The molecule has 0 spiro atoms. The Kier molecular flexibility index (Phi) is 15.5. The smallest absolute Gasteiger partial charge is 0.408 e. The number of Topliss-reactive ketones (excluding diaryl/α,β-unsaturated/α-hetero) is 1. The number of carbonyl (C=O) groups excluding carboxylic acids is 4. The molecular weight excluding hydrogens is 1040 g/mol. The van der Waals surface area contributed by atoms with Gasteiger partial charge >= 0.3 is 18.0 Å². The van der Waals surface area contributed by atoms with E-state index < -0.39 is 144 Å². The van der Waals surface area contributed by atoms with E-state index in [1.54, 1.807) is 78.8 Å². The van der Waals surface area contributed by atoms with Gasteiger partial charge in [0.25, 0.3) is 0 Å². The molecule has 1 aromatic rings. The molecule has 3 saturated carbocycles. The first kappa shape index (κ1) is 51.9. The van der Waals surface area contributed by atoms with Crippen molar-refractivity contribution in [2.24, 2.45) is 28.6 Å². The third-order valence-corrected chi connectivity index (χ3v) is 14.6. The zero-order valence-electron chi connectivity index (χ0n) is 37.0. The van der Waals surface area contributed by atoms with Crippen LogP contribution >= 0.6 is 0 Å². The SMILES string of the molecule is CC1=C2C(O)C(=O)[C@]3(C)C(OC(=O)COC4OC(CO)C(O)C(O)C4O)C[C@H]4CCC4(O)C3[C@H](C)C(O)(CC1OC(=O)C(O)C(NC(=O)OC(C)(C)C)c1ccccc1)C2(C)C.[Ac]. The number of carbonyl (C=O) groups is 4. The number of aliphatic hydroxyl groups is 8. The number of benzene rings is 1. The number of rotatable bonds is 10. The number of fused-ring (bicyclic) bond motifs is 5. The third kappa shape index (κ3) is 9.17. The van der Waals surface area contributed by atoms with Gasteiger partial charge in [-0.3, -0.25) is 4.79 Å². The monoisotopic (exact) mass is 1100 g/mol. The molecule has 18 nitrogen and oxygen atoms in total. The number of hydrogen-bond donors (Lipinski definition) is 9. The summed E-state index contributed by atoms with van der Waals surface area (Å²) in [5.41, 5.74) is -6.96. The van der Waals surface area contributed by atoms with Gasteiger partial charge in [-0.1, -0.05) is 51.1 Å². The second-order valence-corrected chi connectivity index (χ2v) is 19.5. The number of nitrogens with one attached hydrogen (secondary N) is 1. The molecule has 9 N–H and O–H groups in total. The Bertz CT molecular complexity index is 1910. The number of amides is 1. The Balaban J connectivity index is 0.00000748. The van der Waals surface area contributed by atoms with E-state index in [4.69, 9.17) is 23.7 Å². The Labute approximate surface area is 402 Å². The number of ether oxygens (including phenoxy) is 5. The van der Waals surface area contributed by atoms with Crippen LogP contribution in [0.25, 0.3) is 0 Å². The van der Waals surface area contributed by atoms with E-state index >= 15 is 4.79 Å². The van der Waals surface area contributed by atoms with E-state index in [0.717, 1.165) is 0 Å². The van der Waals surface area contributed by atoms with Crippen LogP contribution in [0.1, 0.15) is 92.7 Å². The van der Waals surface area contributed by atoms with Gasteiger partial charge in [0.1, 0.15) is 54.9 Å². The first-order valence-corrected chi connectivity index (χ1v) is 21.2. The second kappa shape index (κ2) is 18.9. The molecule has 1 aliphatic heterocycles. The van der Waals surface area contributed by atoms with Crippen molar-refractivity contribution in [2.75, 3.05) is 13.2 Å². The van der Waals surface area contributed by atoms with Crippen molar-refractivity contribution in [2.45, 2.75) is 159 Å². The molecule has 5 aliphatic rings. The van der Waals surface area contributed by atoms with Gasteiger partial charge in [-0.25, -0.2) is 14.4 Å². The van der Waals surface area contributed by atoms with Gasteiger partial charge in [0.15, 0.2) is 18.2 Å². The molecule has 1 saturated heterocycles. The summed E-state index contributed by atoms with van der Waals surface area (Å²) >= 11 is 0. The summed E-state index contributed by atoms with van der Waals surface area (Å²) in [7, 11) is 0. The van der Waals surface area contributed by atoms with Gasteiger partial charge < -0.3 is 69.9 Å². The van der Waals surface area contributed by atoms with Crippen LogP contribution in [-0.2, 0) is 38.1 Å². The van der Waals surface area contributed by atoms with E-state index in [1.807, 2.05) is 0 Å². The molecule has 1 amide bonds. The number of aliphatic hydroxyl groups excluding tert-OH is 6. The largest absolute Gasteiger partial charge is 0.460 e. The zero-order valence-corrected chi connectivity index (χ0v) is 41.7. The summed E-state index contributed by atoms with van der Waals surface area (Å²) in [4.78, 5) is 55.5.